The second-order valence-corrected chi connectivity index (χ2v) is 16.1. The summed E-state index contributed by atoms with van der Waals surface area (Å²) < 4.78 is 6.07. The van der Waals surface area contributed by atoms with Gasteiger partial charge in [-0.1, -0.05) is 54.6 Å². The van der Waals surface area contributed by atoms with Gasteiger partial charge in [-0.15, -0.1) is 22.7 Å². The molecule has 0 bridgehead atoms. The van der Waals surface area contributed by atoms with Gasteiger partial charge in [-0.05, 0) is 137 Å². The Hall–Kier alpha value is -7.21. The fraction of sp³-hybridized carbons (Fsp3) is 0.135. The number of imidazole rings is 1. The molecule has 0 amide bonds. The molecule has 3 aromatic carbocycles. The monoisotopic (exact) mass is 868 g/mol. The molecule has 0 radical (unpaired) electrons. The van der Waals surface area contributed by atoms with E-state index in [-0.39, 0.29) is 5.56 Å². The molecular formula is C52H52N8OS2. The molecule has 9 nitrogen and oxygen atoms in total. The highest BCUT2D eigenvalue weighted by molar-refractivity contribution is 7.17. The molecule has 0 atom stereocenters. The molecule has 8 heterocycles. The van der Waals surface area contributed by atoms with Crippen molar-refractivity contribution in [2.75, 3.05) is 0 Å². The SMILES string of the molecule is Cc1ccc2ccccc2n1.Cc1ccc2ncsc2c1.Cc1ccc2scnc2c1.Cc1ccccn1.Cc1cccnc1.Cc1ccn2ccnc2c1.Cn1ccccc1=O. The van der Waals surface area contributed by atoms with Crippen molar-refractivity contribution in [2.24, 2.45) is 7.05 Å². The Morgan fingerprint density at radius 3 is 1.89 bits per heavy atom. The van der Waals surface area contributed by atoms with E-state index in [0.717, 1.165) is 33.6 Å². The lowest BCUT2D eigenvalue weighted by molar-refractivity contribution is 0.860. The van der Waals surface area contributed by atoms with Gasteiger partial charge < -0.3 is 8.97 Å². The fourth-order valence-electron chi connectivity index (χ4n) is 5.51. The molecule has 11 aromatic rings. The van der Waals surface area contributed by atoms with Crippen LogP contribution < -0.4 is 5.56 Å². The zero-order valence-electron chi connectivity index (χ0n) is 36.7. The molecule has 0 aliphatic carbocycles. The van der Waals surface area contributed by atoms with Gasteiger partial charge in [0.2, 0.25) is 5.56 Å². The quantitative estimate of drug-likeness (QED) is 0.149. The molecule has 0 fully saturated rings. The van der Waals surface area contributed by atoms with E-state index in [9.17, 15) is 4.79 Å². The minimum atomic E-state index is 0.0347. The lowest BCUT2D eigenvalue weighted by atomic mass is 10.2. The second kappa shape index (κ2) is 24.9. The average molecular weight is 869 g/mol. The summed E-state index contributed by atoms with van der Waals surface area (Å²) in [6.45, 7) is 12.2. The Morgan fingerprint density at radius 2 is 1.21 bits per heavy atom. The minimum Gasteiger partial charge on any atom is -0.319 e. The van der Waals surface area contributed by atoms with E-state index in [0.29, 0.717) is 0 Å². The van der Waals surface area contributed by atoms with Gasteiger partial charge in [-0.25, -0.2) is 15.0 Å². The zero-order valence-corrected chi connectivity index (χ0v) is 38.3. The third-order valence-electron chi connectivity index (χ3n) is 8.89. The topological polar surface area (TPSA) is 104 Å². The van der Waals surface area contributed by atoms with Crippen LogP contribution in [0.15, 0.2) is 193 Å². The molecule has 8 aromatic heterocycles. The van der Waals surface area contributed by atoms with Crippen molar-refractivity contribution in [3.8, 4) is 0 Å². The number of rotatable bonds is 0. The molecule has 0 aliphatic heterocycles. The fourth-order valence-corrected chi connectivity index (χ4v) is 6.95. The first-order valence-corrected chi connectivity index (χ1v) is 22.0. The summed E-state index contributed by atoms with van der Waals surface area (Å²) in [5.41, 5.74) is 15.3. The van der Waals surface area contributed by atoms with E-state index in [1.54, 1.807) is 60.6 Å². The van der Waals surface area contributed by atoms with Crippen LogP contribution >= 0.6 is 22.7 Å². The predicted molar refractivity (Wildman–Crippen MR) is 265 cm³/mol. The van der Waals surface area contributed by atoms with E-state index >= 15 is 0 Å². The number of aromatic nitrogens is 8. The number of hydrogen-bond acceptors (Lipinski definition) is 9. The second-order valence-electron chi connectivity index (χ2n) is 14.3. The standard InChI is InChI=1S/C10H9N.C8H8N2.2C8H7NS.C6H7NO.2C6H7N/c1-8-6-7-9-4-2-3-5-10(9)11-8;1-7-2-4-10-5-3-9-8(10)6-7;1-6-2-3-8-7(4-6)9-5-10-8;1-6-2-3-7-8(4-6)10-5-9-7;1-7-5-3-2-4-6(7)8;1-6-3-2-4-7-5-6;1-6-4-2-3-5-7-6/h2-7H,1H3;2-6H,1H3;2*2-5H,1H3;2-5H,1H3;2*2-5H,1H3. The Kier molecular flexibility index (Phi) is 18.5. The third kappa shape index (κ3) is 16.3. The van der Waals surface area contributed by atoms with Crippen LogP contribution in [0.2, 0.25) is 0 Å². The maximum atomic E-state index is 10.6. The van der Waals surface area contributed by atoms with Crippen molar-refractivity contribution >= 4 is 59.7 Å². The number of nitrogens with zero attached hydrogens (tertiary/aromatic N) is 8. The van der Waals surface area contributed by atoms with Gasteiger partial charge in [0.05, 0.1) is 37.0 Å². The van der Waals surface area contributed by atoms with Crippen LogP contribution in [-0.2, 0) is 7.05 Å². The molecule has 0 saturated heterocycles. The summed E-state index contributed by atoms with van der Waals surface area (Å²) in [4.78, 5) is 35.3. The first kappa shape index (κ1) is 46.8. The number of pyridine rings is 5. The normalized spacial score (nSPS) is 9.89. The first-order chi connectivity index (χ1) is 30.5. The molecule has 0 aliphatic rings. The highest BCUT2D eigenvalue weighted by Gasteiger charge is 1.95. The Bertz CT molecular complexity index is 2880. The number of fused-ring (bicyclic) bond motifs is 4. The number of thiazole rings is 2. The minimum absolute atomic E-state index is 0.0347. The summed E-state index contributed by atoms with van der Waals surface area (Å²) in [5, 5.41) is 1.21. The molecule has 0 spiro atoms. The molecule has 63 heavy (non-hydrogen) atoms. The van der Waals surface area contributed by atoms with Gasteiger partial charge in [0, 0.05) is 73.3 Å². The zero-order chi connectivity index (χ0) is 44.8. The number of benzene rings is 3. The maximum Gasteiger partial charge on any atom is 0.250 e. The Balaban J connectivity index is 0.000000139. The number of para-hydroxylation sites is 1. The largest absolute Gasteiger partial charge is 0.319 e. The van der Waals surface area contributed by atoms with Crippen molar-refractivity contribution in [3.05, 3.63) is 232 Å². The van der Waals surface area contributed by atoms with Gasteiger partial charge in [0.25, 0.3) is 0 Å². The number of hydrogen-bond donors (Lipinski definition) is 0. The van der Waals surface area contributed by atoms with Gasteiger partial charge >= 0.3 is 0 Å². The molecule has 0 unspecified atom stereocenters. The van der Waals surface area contributed by atoms with Crippen LogP contribution in [0.5, 0.6) is 0 Å². The summed E-state index contributed by atoms with van der Waals surface area (Å²) in [6, 6.07) is 43.9. The molecular weight excluding hydrogens is 817 g/mol. The van der Waals surface area contributed by atoms with Crippen LogP contribution in [-0.4, -0.2) is 38.9 Å². The summed E-state index contributed by atoms with van der Waals surface area (Å²) in [7, 11) is 1.72. The summed E-state index contributed by atoms with van der Waals surface area (Å²) in [5.74, 6) is 0. The lowest BCUT2D eigenvalue weighted by Crippen LogP contribution is -2.12. The maximum absolute atomic E-state index is 10.6. The van der Waals surface area contributed by atoms with Gasteiger partial charge in [0.1, 0.15) is 5.65 Å². The van der Waals surface area contributed by atoms with Crippen LogP contribution in [0.3, 0.4) is 0 Å². The van der Waals surface area contributed by atoms with Crippen molar-refractivity contribution in [2.45, 2.75) is 41.5 Å². The van der Waals surface area contributed by atoms with E-state index in [4.69, 9.17) is 0 Å². The van der Waals surface area contributed by atoms with Gasteiger partial charge in [-0.2, -0.15) is 0 Å². The summed E-state index contributed by atoms with van der Waals surface area (Å²) >= 11 is 3.38. The van der Waals surface area contributed by atoms with Crippen LogP contribution in [0.4, 0.5) is 0 Å². The Morgan fingerprint density at radius 1 is 0.476 bits per heavy atom. The van der Waals surface area contributed by atoms with Gasteiger partial charge in [0.15, 0.2) is 0 Å². The van der Waals surface area contributed by atoms with Crippen LogP contribution in [0.1, 0.15) is 33.6 Å². The lowest BCUT2D eigenvalue weighted by Gasteiger charge is -1.95. The first-order valence-electron chi connectivity index (χ1n) is 20.2. The van der Waals surface area contributed by atoms with E-state index in [2.05, 4.69) is 111 Å². The van der Waals surface area contributed by atoms with Crippen molar-refractivity contribution in [3.63, 3.8) is 0 Å². The molecule has 0 saturated carbocycles. The van der Waals surface area contributed by atoms with Crippen molar-refractivity contribution in [1.29, 1.82) is 0 Å². The van der Waals surface area contributed by atoms with Gasteiger partial charge in [-0.3, -0.25) is 19.7 Å². The van der Waals surface area contributed by atoms with Crippen LogP contribution in [0.25, 0.3) is 37.0 Å². The van der Waals surface area contributed by atoms with E-state index in [1.807, 2.05) is 115 Å². The van der Waals surface area contributed by atoms with Crippen LogP contribution in [0, 0.1) is 41.5 Å². The summed E-state index contributed by atoms with van der Waals surface area (Å²) in [6.07, 6.45) is 12.9. The average Bonchev–Trinajstić information content (AvgIpc) is 4.08. The smallest absolute Gasteiger partial charge is 0.250 e. The van der Waals surface area contributed by atoms with E-state index in [1.165, 1.54) is 47.7 Å². The molecule has 318 valence electrons. The molecule has 11 rings (SSSR count). The van der Waals surface area contributed by atoms with Crippen molar-refractivity contribution < 1.29 is 0 Å². The predicted octanol–water partition coefficient (Wildman–Crippen LogP) is 12.6. The Labute approximate surface area is 377 Å². The third-order valence-corrected chi connectivity index (χ3v) is 10.5. The highest BCUT2D eigenvalue weighted by atomic mass is 32.1. The molecule has 0 N–H and O–H groups in total. The molecule has 11 heteroatoms. The highest BCUT2D eigenvalue weighted by Crippen LogP contribution is 2.19. The number of aryl methyl sites for hydroxylation is 7. The van der Waals surface area contributed by atoms with Crippen molar-refractivity contribution in [1.82, 2.24) is 38.9 Å². The van der Waals surface area contributed by atoms with E-state index < -0.39 is 0 Å².